The molecule has 1 aliphatic carbocycles. The number of hydroxylamine groups is 1. The Bertz CT molecular complexity index is 2940. The monoisotopic (exact) mass is 1470 g/mol. The molecular formula is C61H88IN5O22S3. The summed E-state index contributed by atoms with van der Waals surface area (Å²) in [5.74, 6) is 16.1. The summed E-state index contributed by atoms with van der Waals surface area (Å²) in [4.78, 5) is 60.2. The quantitative estimate of drug-likeness (QED) is 0.0128. The van der Waals surface area contributed by atoms with E-state index in [1.54, 1.807) is 47.8 Å². The highest BCUT2D eigenvalue weighted by molar-refractivity contribution is 14.1. The molecule has 2 amide bonds. The van der Waals surface area contributed by atoms with Gasteiger partial charge in [-0.05, 0) is 108 Å². The number of allylic oxidation sites excluding steroid dienone is 3. The topological polar surface area (TPSA) is 364 Å². The third kappa shape index (κ3) is 19.2. The molecule has 1 aromatic carbocycles. The van der Waals surface area contributed by atoms with Crippen molar-refractivity contribution in [1.82, 2.24) is 21.5 Å². The first-order valence-corrected chi connectivity index (χ1v) is 34.0. The number of halogens is 1. The molecule has 0 saturated carbocycles. The maximum absolute atomic E-state index is 14.5. The van der Waals surface area contributed by atoms with Gasteiger partial charge in [0.15, 0.2) is 36.2 Å². The Balaban J connectivity index is 1.28. The Labute approximate surface area is 562 Å². The van der Waals surface area contributed by atoms with Crippen LogP contribution in [0, 0.1) is 34.2 Å². The predicted molar refractivity (Wildman–Crippen MR) is 348 cm³/mol. The standard InChI is InChI=1S/C61H88IN5O22S3/c1-15-17-18-19-20-21-37(43-33(22-23-90-92-60(7,8)27-39(70)66-63)61(9,76)26-36(69)46(43)65-59(75)81-14)86-58-53(87-40-25-38(77-10)34(28-82-40)64-16-2)48(72)45(30(4)84-58)67-89-41-24-35(68)55(32(6)83-41)91-56(74)42-29(3)44(62)51(54(80-13)50(42)78-11)88-57-49(73)52(79-12)47(71)31(5)85-57/h18-19,22,30-32,34-35,37-38,40-41,45,47-49,52-53,55,57-58,64,67-68,71-73,76H,16,23-28,63H2,1-14H3,(H,65,75)(H,66,70)/b19-18-,33-22+/t30-,31+,32-,34+,35+,37+,38+,40+,41+,45-,47+,48+,49-,52-,53-,55-,57+,58+,61+/m1/s1. The van der Waals surface area contributed by atoms with Crippen molar-refractivity contribution < 1.29 is 106 Å². The van der Waals surface area contributed by atoms with Gasteiger partial charge in [-0.1, -0.05) is 64.1 Å². The van der Waals surface area contributed by atoms with Gasteiger partial charge in [-0.25, -0.2) is 10.6 Å². The molecule has 4 heterocycles. The van der Waals surface area contributed by atoms with Gasteiger partial charge in [0, 0.05) is 56.0 Å². The zero-order valence-electron chi connectivity index (χ0n) is 53.9. The lowest BCUT2D eigenvalue weighted by Crippen LogP contribution is -2.65. The van der Waals surface area contributed by atoms with Crippen LogP contribution in [-0.4, -0.2) is 223 Å². The lowest BCUT2D eigenvalue weighted by molar-refractivity contribution is -0.336. The summed E-state index contributed by atoms with van der Waals surface area (Å²) in [6.07, 6.45) is -14.3. The average Bonchev–Trinajstić information content (AvgIpc) is 0.778. The molecule has 514 valence electrons. The first-order valence-electron chi connectivity index (χ1n) is 29.7. The van der Waals surface area contributed by atoms with Crippen molar-refractivity contribution in [1.29, 1.82) is 0 Å². The van der Waals surface area contributed by atoms with E-state index in [0.29, 0.717) is 15.7 Å². The number of methoxy groups -OCH3 is 5. The highest BCUT2D eigenvalue weighted by Gasteiger charge is 2.52. The summed E-state index contributed by atoms with van der Waals surface area (Å²) in [5, 5.41) is 62.9. The normalized spacial score (nSPS) is 32.6. The number of ketones is 1. The summed E-state index contributed by atoms with van der Waals surface area (Å²) in [7, 11) is 9.48. The fourth-order valence-corrected chi connectivity index (χ4v) is 15.2. The van der Waals surface area contributed by atoms with E-state index < -0.39 is 137 Å². The molecule has 0 bridgehead atoms. The van der Waals surface area contributed by atoms with Crippen molar-refractivity contribution in [3.8, 4) is 40.9 Å². The number of carbonyl (C=O) groups excluding carboxylic acids is 4. The summed E-state index contributed by atoms with van der Waals surface area (Å²) in [6, 6.07) is -1.34. The SMILES string of the molecule is CC#C/C=C\C#C[C@H](O[C@@H]1O[C@H](C)[C@@H](NO[C@H]2C[C@H](O)[C@H](SC(=O)c3c(C)c(I)c(O[C@@H]4O[C@@H](C)[C@H](O)[C@@H](OC)[C@H]4O)c(OC)c3OC)[C@@H](C)O2)[C@H](O)[C@H]1O[C@H]1C[C@H](OC)[C@@H](NCC)CO1)C1=C(NC(=O)OC)C(=O)C[C@](C)(O)/C1=C/CSSC(C)(C)CC(=O)NN. The number of nitrogens with one attached hydrogen (secondary N) is 4. The Morgan fingerprint density at radius 3 is 2.23 bits per heavy atom. The molecule has 31 heteroatoms. The molecule has 0 spiro atoms. The van der Waals surface area contributed by atoms with Crippen LogP contribution >= 0.6 is 55.9 Å². The van der Waals surface area contributed by atoms with Crippen molar-refractivity contribution >= 4 is 78.8 Å². The molecule has 5 aliphatic rings. The number of Topliss-reactive ketones (excluding diaryl/α,β-unsaturated/α-hetero) is 1. The van der Waals surface area contributed by atoms with Gasteiger partial charge >= 0.3 is 6.09 Å². The Hall–Kier alpha value is -3.86. The van der Waals surface area contributed by atoms with E-state index in [2.05, 4.69) is 45.2 Å². The molecule has 92 heavy (non-hydrogen) atoms. The van der Waals surface area contributed by atoms with Gasteiger partial charge in [-0.2, -0.15) is 5.48 Å². The first kappa shape index (κ1) is 77.1. The van der Waals surface area contributed by atoms with Crippen LogP contribution in [0.2, 0.25) is 0 Å². The zero-order valence-corrected chi connectivity index (χ0v) is 58.5. The number of aliphatic hydroxyl groups excluding tert-OH is 4. The number of hydrazine groups is 1. The van der Waals surface area contributed by atoms with Gasteiger partial charge < -0.3 is 87.7 Å². The number of rotatable bonds is 25. The van der Waals surface area contributed by atoms with E-state index in [1.807, 2.05) is 43.4 Å². The van der Waals surface area contributed by atoms with Crippen LogP contribution in [0.1, 0.15) is 97.0 Å². The Morgan fingerprint density at radius 2 is 1.60 bits per heavy atom. The van der Waals surface area contributed by atoms with Crippen LogP contribution in [-0.2, 0) is 57.1 Å². The number of carbonyl (C=O) groups is 4. The third-order valence-corrected chi connectivity index (χ3v) is 21.6. The minimum Gasteiger partial charge on any atom is -0.492 e. The number of hydrogen-bond donors (Lipinski definition) is 10. The lowest BCUT2D eigenvalue weighted by Gasteiger charge is -2.46. The molecule has 0 aromatic heterocycles. The molecule has 4 saturated heterocycles. The third-order valence-electron chi connectivity index (χ3n) is 15.8. The molecule has 4 fully saturated rings. The second-order valence-corrected chi connectivity index (χ2v) is 28.2. The predicted octanol–water partition coefficient (Wildman–Crippen LogP) is 3.10. The van der Waals surface area contributed by atoms with E-state index >= 15 is 0 Å². The van der Waals surface area contributed by atoms with Crippen molar-refractivity contribution in [2.75, 3.05) is 54.5 Å². The maximum atomic E-state index is 14.5. The average molecular weight is 1470 g/mol. The molecule has 0 radical (unpaired) electrons. The molecule has 6 rings (SSSR count). The van der Waals surface area contributed by atoms with E-state index in [1.165, 1.54) is 62.0 Å². The highest BCUT2D eigenvalue weighted by Crippen LogP contribution is 2.49. The van der Waals surface area contributed by atoms with Crippen LogP contribution in [0.25, 0.3) is 0 Å². The number of amides is 2. The van der Waals surface area contributed by atoms with Gasteiger partial charge in [-0.3, -0.25) is 30.0 Å². The number of alkyl carbamates (subject to hydrolysis) is 1. The van der Waals surface area contributed by atoms with Gasteiger partial charge in [0.25, 0.3) is 0 Å². The lowest BCUT2D eigenvalue weighted by atomic mass is 9.76. The van der Waals surface area contributed by atoms with Crippen molar-refractivity contribution in [2.45, 2.75) is 208 Å². The van der Waals surface area contributed by atoms with Crippen LogP contribution in [0.15, 0.2) is 35.1 Å². The summed E-state index contributed by atoms with van der Waals surface area (Å²) in [5.41, 5.74) is 3.51. The van der Waals surface area contributed by atoms with Crippen molar-refractivity contribution in [3.05, 3.63) is 49.8 Å². The second kappa shape index (κ2) is 35.4. The first-order chi connectivity index (χ1) is 43.6. The van der Waals surface area contributed by atoms with E-state index in [4.69, 9.17) is 67.5 Å². The van der Waals surface area contributed by atoms with E-state index in [-0.39, 0.29) is 83.2 Å². The molecule has 1 aromatic rings. The van der Waals surface area contributed by atoms with Crippen LogP contribution in [0.5, 0.6) is 17.2 Å². The maximum Gasteiger partial charge on any atom is 0.411 e. The highest BCUT2D eigenvalue weighted by atomic mass is 127. The van der Waals surface area contributed by atoms with Gasteiger partial charge in [0.2, 0.25) is 23.1 Å². The van der Waals surface area contributed by atoms with E-state index in [9.17, 15) is 44.7 Å². The van der Waals surface area contributed by atoms with Gasteiger partial charge in [0.1, 0.15) is 36.6 Å². The number of likely N-dealkylation sites (N-methyl/N-ethyl adjacent to an activating group) is 1. The van der Waals surface area contributed by atoms with E-state index in [0.717, 1.165) is 18.9 Å². The molecule has 19 atom stereocenters. The number of benzene rings is 1. The minimum atomic E-state index is -1.88. The minimum absolute atomic E-state index is 0.0140. The molecular weight excluding hydrogens is 1380 g/mol. The van der Waals surface area contributed by atoms with Gasteiger partial charge in [0.05, 0.1) is 96.2 Å². The Morgan fingerprint density at radius 1 is 0.902 bits per heavy atom. The summed E-state index contributed by atoms with van der Waals surface area (Å²) >= 11 is 2.81. The molecule has 27 nitrogen and oxygen atoms in total. The molecule has 11 N–H and O–H groups in total. The smallest absolute Gasteiger partial charge is 0.411 e. The number of hydrogen-bond acceptors (Lipinski definition) is 28. The number of nitrogens with two attached hydrogens (primary N) is 1. The number of aliphatic hydroxyl groups is 5. The largest absolute Gasteiger partial charge is 0.492 e. The van der Waals surface area contributed by atoms with Crippen LogP contribution < -0.4 is 41.6 Å². The van der Waals surface area contributed by atoms with Crippen LogP contribution in [0.4, 0.5) is 4.79 Å². The number of ether oxygens (including phenoxy) is 12. The summed E-state index contributed by atoms with van der Waals surface area (Å²) in [6.45, 7) is 16.1. The van der Waals surface area contributed by atoms with Crippen molar-refractivity contribution in [3.63, 3.8) is 0 Å². The fourth-order valence-electron chi connectivity index (χ4n) is 11.1. The van der Waals surface area contributed by atoms with Crippen LogP contribution in [0.3, 0.4) is 0 Å². The fraction of sp³-hybridized carbons (Fsp3) is 0.672. The molecule has 0 unspecified atom stereocenters. The number of thioether (sulfide) groups is 1. The zero-order chi connectivity index (χ0) is 67.9. The van der Waals surface area contributed by atoms with Gasteiger partial charge in [-0.15, -0.1) is 5.92 Å². The molecule has 4 aliphatic heterocycles. The second-order valence-electron chi connectivity index (χ2n) is 23.0. The van der Waals surface area contributed by atoms with Crippen molar-refractivity contribution in [2.24, 2.45) is 5.84 Å². The summed E-state index contributed by atoms with van der Waals surface area (Å²) < 4.78 is 72.3. The Kier molecular flexibility index (Phi) is 29.7.